The fourth-order valence-electron chi connectivity index (χ4n) is 8.24. The highest BCUT2D eigenvalue weighted by Gasteiger charge is 2.68. The molecule has 2 bridgehead atoms. The molecule has 146 valence electrons. The van der Waals surface area contributed by atoms with Crippen LogP contribution in [0.15, 0.2) is 0 Å². The van der Waals surface area contributed by atoms with Crippen molar-refractivity contribution in [2.24, 2.45) is 45.7 Å². The second-order valence-electron chi connectivity index (χ2n) is 10.3. The number of nitrogens with two attached hydrogens (primary N) is 1. The van der Waals surface area contributed by atoms with Gasteiger partial charge in [-0.3, -0.25) is 9.59 Å². The highest BCUT2D eigenvalue weighted by molar-refractivity contribution is 5.75. The van der Waals surface area contributed by atoms with Crippen molar-refractivity contribution in [1.29, 1.82) is 0 Å². The van der Waals surface area contributed by atoms with Crippen molar-refractivity contribution in [2.45, 2.75) is 77.7 Å². The van der Waals surface area contributed by atoms with E-state index in [9.17, 15) is 19.8 Å². The Morgan fingerprint density at radius 1 is 1.08 bits per heavy atom. The van der Waals surface area contributed by atoms with Crippen LogP contribution in [0.4, 0.5) is 0 Å². The molecule has 0 unspecified atom stereocenters. The van der Waals surface area contributed by atoms with Crippen molar-refractivity contribution in [2.75, 3.05) is 0 Å². The molecule has 5 rings (SSSR count). The lowest BCUT2D eigenvalue weighted by atomic mass is 9.35. The number of aliphatic hydroxyl groups is 1. The zero-order valence-electron chi connectivity index (χ0n) is 16.0. The highest BCUT2D eigenvalue weighted by atomic mass is 16.4. The quantitative estimate of drug-likeness (QED) is 0.717. The van der Waals surface area contributed by atoms with Crippen LogP contribution in [-0.2, 0) is 9.59 Å². The van der Waals surface area contributed by atoms with Crippen molar-refractivity contribution in [3.05, 3.63) is 0 Å². The Labute approximate surface area is 155 Å². The molecule has 1 spiro atoms. The number of aliphatic carboxylic acids is 1. The number of aliphatic hydroxyl groups excluding tert-OH is 1. The molecule has 8 atom stereocenters. The molecule has 0 aromatic heterocycles. The summed E-state index contributed by atoms with van der Waals surface area (Å²) in [6, 6.07) is 0. The summed E-state index contributed by atoms with van der Waals surface area (Å²) in [6.07, 6.45) is 7.48. The molecule has 0 aromatic rings. The van der Waals surface area contributed by atoms with E-state index < -0.39 is 17.5 Å². The first-order valence-electron chi connectivity index (χ1n) is 10.3. The summed E-state index contributed by atoms with van der Waals surface area (Å²) in [6.45, 7) is 4.25. The van der Waals surface area contributed by atoms with Gasteiger partial charge in [0, 0.05) is 6.42 Å². The standard InChI is InChI=1S/C21H33NO4/c1-19-6-3-7-20(2,18(25)26)14(19)5-9-21-8-4-12(10-15(19)21)13(17(21)24)11-16(22)23/h12-15,17,24H,3-11H2,1-2H3,(H2,22,23)(H,25,26)/t12-,13-,14-,15-,17+,19+,20+,21-/m0/s1. The highest BCUT2D eigenvalue weighted by Crippen LogP contribution is 2.72. The number of amides is 1. The Morgan fingerprint density at radius 2 is 1.77 bits per heavy atom. The third-order valence-electron chi connectivity index (χ3n) is 9.41. The molecule has 0 aliphatic heterocycles. The lowest BCUT2D eigenvalue weighted by molar-refractivity contribution is -0.244. The van der Waals surface area contributed by atoms with Gasteiger partial charge in [-0.25, -0.2) is 0 Å². The molecular weight excluding hydrogens is 330 g/mol. The lowest BCUT2D eigenvalue weighted by Gasteiger charge is -2.69. The van der Waals surface area contributed by atoms with Gasteiger partial charge >= 0.3 is 5.97 Å². The predicted molar refractivity (Wildman–Crippen MR) is 97.0 cm³/mol. The monoisotopic (exact) mass is 363 g/mol. The van der Waals surface area contributed by atoms with Crippen molar-refractivity contribution < 1.29 is 19.8 Å². The maximum Gasteiger partial charge on any atom is 0.309 e. The topological polar surface area (TPSA) is 101 Å². The average Bonchev–Trinajstić information content (AvgIpc) is 2.57. The minimum Gasteiger partial charge on any atom is -0.481 e. The normalized spacial score (nSPS) is 52.8. The molecular formula is C21H33NO4. The molecule has 0 saturated heterocycles. The van der Waals surface area contributed by atoms with Crippen molar-refractivity contribution in [3.8, 4) is 0 Å². The largest absolute Gasteiger partial charge is 0.481 e. The molecule has 0 aromatic carbocycles. The van der Waals surface area contributed by atoms with E-state index in [1.54, 1.807) is 0 Å². The maximum absolute atomic E-state index is 12.1. The Hall–Kier alpha value is -1.10. The average molecular weight is 363 g/mol. The van der Waals surface area contributed by atoms with Gasteiger partial charge in [-0.1, -0.05) is 13.3 Å². The number of carboxylic acids is 1. The molecule has 5 aliphatic rings. The van der Waals surface area contributed by atoms with E-state index in [-0.39, 0.29) is 35.0 Å². The number of carboxylic acid groups (broad SMARTS) is 1. The van der Waals surface area contributed by atoms with E-state index in [1.807, 2.05) is 6.92 Å². The molecule has 5 saturated carbocycles. The van der Waals surface area contributed by atoms with Crippen molar-refractivity contribution in [1.82, 2.24) is 0 Å². The zero-order chi connectivity index (χ0) is 18.9. The second kappa shape index (κ2) is 5.70. The minimum atomic E-state index is -0.655. The van der Waals surface area contributed by atoms with Gasteiger partial charge in [-0.05, 0) is 86.4 Å². The van der Waals surface area contributed by atoms with Crippen LogP contribution in [0, 0.1) is 39.9 Å². The van der Waals surface area contributed by atoms with Gasteiger partial charge in [-0.15, -0.1) is 0 Å². The summed E-state index contributed by atoms with van der Waals surface area (Å²) in [5.41, 5.74) is 4.65. The van der Waals surface area contributed by atoms with Gasteiger partial charge in [0.05, 0.1) is 11.5 Å². The predicted octanol–water partition coefficient (Wildman–Crippen LogP) is 2.95. The molecule has 0 radical (unpaired) electrons. The van der Waals surface area contributed by atoms with E-state index in [1.165, 1.54) is 0 Å². The summed E-state index contributed by atoms with van der Waals surface area (Å²) in [7, 11) is 0. The van der Waals surface area contributed by atoms with Crippen LogP contribution in [0.5, 0.6) is 0 Å². The Morgan fingerprint density at radius 3 is 2.42 bits per heavy atom. The smallest absolute Gasteiger partial charge is 0.309 e. The first-order chi connectivity index (χ1) is 12.1. The van der Waals surface area contributed by atoms with Crippen LogP contribution in [0.25, 0.3) is 0 Å². The van der Waals surface area contributed by atoms with Crippen LogP contribution in [0.2, 0.25) is 0 Å². The summed E-state index contributed by atoms with van der Waals surface area (Å²) in [5.74, 6) is -0.0864. The van der Waals surface area contributed by atoms with Crippen LogP contribution >= 0.6 is 0 Å². The second-order valence-corrected chi connectivity index (χ2v) is 10.3. The lowest BCUT2D eigenvalue weighted by Crippen LogP contribution is -2.67. The summed E-state index contributed by atoms with van der Waals surface area (Å²) < 4.78 is 0. The van der Waals surface area contributed by atoms with E-state index in [0.717, 1.165) is 51.4 Å². The van der Waals surface area contributed by atoms with E-state index in [4.69, 9.17) is 5.73 Å². The van der Waals surface area contributed by atoms with Gasteiger partial charge in [0.2, 0.25) is 5.91 Å². The van der Waals surface area contributed by atoms with Crippen LogP contribution in [0.1, 0.15) is 71.6 Å². The molecule has 4 N–H and O–H groups in total. The van der Waals surface area contributed by atoms with Gasteiger partial charge in [-0.2, -0.15) is 0 Å². The Kier molecular flexibility index (Phi) is 4.00. The summed E-state index contributed by atoms with van der Waals surface area (Å²) >= 11 is 0. The molecule has 1 amide bonds. The molecule has 5 aliphatic carbocycles. The van der Waals surface area contributed by atoms with E-state index >= 15 is 0 Å². The third kappa shape index (κ3) is 2.18. The number of rotatable bonds is 3. The molecule has 5 heteroatoms. The fourth-order valence-corrected chi connectivity index (χ4v) is 8.24. The van der Waals surface area contributed by atoms with Crippen molar-refractivity contribution >= 4 is 11.9 Å². The Balaban J connectivity index is 1.71. The third-order valence-corrected chi connectivity index (χ3v) is 9.41. The minimum absolute atomic E-state index is 0.00732. The van der Waals surface area contributed by atoms with E-state index in [0.29, 0.717) is 11.8 Å². The first-order valence-corrected chi connectivity index (χ1v) is 10.3. The van der Waals surface area contributed by atoms with E-state index in [2.05, 4.69) is 6.92 Å². The van der Waals surface area contributed by atoms with Crippen LogP contribution in [-0.4, -0.2) is 28.2 Å². The van der Waals surface area contributed by atoms with Crippen molar-refractivity contribution in [3.63, 3.8) is 0 Å². The SMILES string of the molecule is C[C@@]12CCC[C@@](C)(C(=O)O)[C@H]1CC[C@@]13CC[C@@H](C[C@@H]21)[C@H](CC(N)=O)[C@H]3O. The van der Waals surface area contributed by atoms with Gasteiger partial charge in [0.15, 0.2) is 0 Å². The summed E-state index contributed by atoms with van der Waals surface area (Å²) in [5, 5.41) is 21.3. The molecule has 5 nitrogen and oxygen atoms in total. The first kappa shape index (κ1) is 18.3. The summed E-state index contributed by atoms with van der Waals surface area (Å²) in [4.78, 5) is 23.7. The number of carbonyl (C=O) groups excluding carboxylic acids is 1. The van der Waals surface area contributed by atoms with Gasteiger partial charge < -0.3 is 15.9 Å². The zero-order valence-corrected chi connectivity index (χ0v) is 16.0. The van der Waals surface area contributed by atoms with Gasteiger partial charge in [0.1, 0.15) is 0 Å². The number of carbonyl (C=O) groups is 2. The van der Waals surface area contributed by atoms with Gasteiger partial charge in [0.25, 0.3) is 0 Å². The molecule has 5 fully saturated rings. The molecule has 0 heterocycles. The molecule has 26 heavy (non-hydrogen) atoms. The number of hydrogen-bond acceptors (Lipinski definition) is 3. The number of hydrogen-bond donors (Lipinski definition) is 3. The fraction of sp³-hybridized carbons (Fsp3) is 0.905. The van der Waals surface area contributed by atoms with Crippen LogP contribution < -0.4 is 5.73 Å². The van der Waals surface area contributed by atoms with Crippen LogP contribution in [0.3, 0.4) is 0 Å². The number of primary amides is 1. The number of fused-ring (bicyclic) bond motifs is 3. The Bertz CT molecular complexity index is 636. The maximum atomic E-state index is 12.1.